The molecule has 1 rings (SSSR count). The number of nitrogens with zero attached hydrogens (tertiary/aromatic N) is 1. The van der Waals surface area contributed by atoms with Crippen molar-refractivity contribution in [3.8, 4) is 5.75 Å². The van der Waals surface area contributed by atoms with E-state index in [2.05, 4.69) is 0 Å². The lowest BCUT2D eigenvalue weighted by Gasteiger charge is -2.16. The molecule has 0 saturated heterocycles. The summed E-state index contributed by atoms with van der Waals surface area (Å²) in [6.45, 7) is 0.899. The minimum atomic E-state index is -0.109. The van der Waals surface area contributed by atoms with Crippen molar-refractivity contribution in [2.24, 2.45) is 5.73 Å². The average molecular weight is 243 g/mol. The third-order valence-corrected chi connectivity index (χ3v) is 2.43. The van der Waals surface area contributed by atoms with Gasteiger partial charge in [-0.25, -0.2) is 0 Å². The molecule has 0 aliphatic rings. The van der Waals surface area contributed by atoms with E-state index >= 15 is 0 Å². The molecule has 0 spiro atoms. The van der Waals surface area contributed by atoms with Gasteiger partial charge < -0.3 is 15.4 Å². The Labute approximate surface area is 99.9 Å². The maximum absolute atomic E-state index is 11.1. The zero-order valence-electron chi connectivity index (χ0n) is 9.15. The van der Waals surface area contributed by atoms with Gasteiger partial charge in [0.1, 0.15) is 12.4 Å². The van der Waals surface area contributed by atoms with Crippen LogP contribution >= 0.6 is 11.6 Å². The quantitative estimate of drug-likeness (QED) is 0.842. The molecule has 0 unspecified atom stereocenters. The summed E-state index contributed by atoms with van der Waals surface area (Å²) in [5, 5.41) is 0.565. The SMILES string of the molecule is CN(CCOc1ccccc1Cl)C(=O)CN. The summed E-state index contributed by atoms with van der Waals surface area (Å²) in [6, 6.07) is 7.22. The molecule has 0 aliphatic heterocycles. The molecule has 1 amide bonds. The van der Waals surface area contributed by atoms with Gasteiger partial charge >= 0.3 is 0 Å². The van der Waals surface area contributed by atoms with Crippen molar-refractivity contribution in [1.82, 2.24) is 4.90 Å². The first-order chi connectivity index (χ1) is 7.65. The molecule has 0 atom stereocenters. The van der Waals surface area contributed by atoms with Gasteiger partial charge in [0, 0.05) is 7.05 Å². The van der Waals surface area contributed by atoms with Crippen LogP contribution in [0.2, 0.25) is 5.02 Å². The standard InChI is InChI=1S/C11H15ClN2O2/c1-14(11(15)8-13)6-7-16-10-5-3-2-4-9(10)12/h2-5H,6-8,13H2,1H3. The number of nitrogens with two attached hydrogens (primary N) is 1. The highest BCUT2D eigenvalue weighted by Gasteiger charge is 2.06. The fourth-order valence-corrected chi connectivity index (χ4v) is 1.33. The normalized spacial score (nSPS) is 9.94. The third-order valence-electron chi connectivity index (χ3n) is 2.12. The molecule has 0 saturated carbocycles. The fraction of sp³-hybridized carbons (Fsp3) is 0.364. The Balaban J connectivity index is 2.36. The summed E-state index contributed by atoms with van der Waals surface area (Å²) >= 11 is 5.90. The summed E-state index contributed by atoms with van der Waals surface area (Å²) in [5.41, 5.74) is 5.23. The summed E-state index contributed by atoms with van der Waals surface area (Å²) in [4.78, 5) is 12.7. The molecular weight excluding hydrogens is 228 g/mol. The Kier molecular flexibility index (Phi) is 5.08. The molecule has 1 aromatic rings. The number of likely N-dealkylation sites (N-methyl/N-ethyl adjacent to an activating group) is 1. The smallest absolute Gasteiger partial charge is 0.236 e. The number of para-hydroxylation sites is 1. The van der Waals surface area contributed by atoms with Crippen LogP contribution in [0.1, 0.15) is 0 Å². The van der Waals surface area contributed by atoms with Crippen LogP contribution in [0.15, 0.2) is 24.3 Å². The first-order valence-electron chi connectivity index (χ1n) is 4.96. The van der Waals surface area contributed by atoms with Gasteiger partial charge in [-0.1, -0.05) is 23.7 Å². The lowest BCUT2D eigenvalue weighted by Crippen LogP contribution is -2.35. The monoisotopic (exact) mass is 242 g/mol. The van der Waals surface area contributed by atoms with Crippen molar-refractivity contribution in [2.45, 2.75) is 0 Å². The third kappa shape index (κ3) is 3.72. The second-order valence-electron chi connectivity index (χ2n) is 3.30. The van der Waals surface area contributed by atoms with Crippen LogP contribution in [-0.2, 0) is 4.79 Å². The molecule has 88 valence electrons. The molecule has 0 heterocycles. The fourth-order valence-electron chi connectivity index (χ4n) is 1.13. The van der Waals surface area contributed by atoms with Gasteiger partial charge in [0.25, 0.3) is 0 Å². The lowest BCUT2D eigenvalue weighted by molar-refractivity contribution is -0.128. The second kappa shape index (κ2) is 6.35. The number of ether oxygens (including phenoxy) is 1. The number of carbonyl (C=O) groups excluding carboxylic acids is 1. The molecule has 0 aromatic heterocycles. The van der Waals surface area contributed by atoms with E-state index in [0.717, 1.165) is 0 Å². The summed E-state index contributed by atoms with van der Waals surface area (Å²) in [6.07, 6.45) is 0. The largest absolute Gasteiger partial charge is 0.490 e. The van der Waals surface area contributed by atoms with Gasteiger partial charge in [-0.15, -0.1) is 0 Å². The number of carbonyl (C=O) groups is 1. The van der Waals surface area contributed by atoms with Crippen LogP contribution in [0.4, 0.5) is 0 Å². The van der Waals surface area contributed by atoms with Crippen molar-refractivity contribution < 1.29 is 9.53 Å². The second-order valence-corrected chi connectivity index (χ2v) is 3.71. The van der Waals surface area contributed by atoms with Crippen LogP contribution in [-0.4, -0.2) is 37.6 Å². The molecule has 0 aliphatic carbocycles. The lowest BCUT2D eigenvalue weighted by atomic mass is 10.3. The zero-order valence-corrected chi connectivity index (χ0v) is 9.91. The van der Waals surface area contributed by atoms with Crippen LogP contribution in [0, 0.1) is 0 Å². The van der Waals surface area contributed by atoms with Gasteiger partial charge in [0.2, 0.25) is 5.91 Å². The van der Waals surface area contributed by atoms with E-state index in [4.69, 9.17) is 22.1 Å². The van der Waals surface area contributed by atoms with E-state index < -0.39 is 0 Å². The molecule has 1 aromatic carbocycles. The molecule has 4 nitrogen and oxygen atoms in total. The minimum absolute atomic E-state index is 0.0165. The maximum atomic E-state index is 11.1. The number of hydrogen-bond acceptors (Lipinski definition) is 3. The summed E-state index contributed by atoms with van der Waals surface area (Å²) in [7, 11) is 1.69. The first kappa shape index (κ1) is 12.8. The van der Waals surface area contributed by atoms with Gasteiger partial charge in [0.15, 0.2) is 0 Å². The molecular formula is C11H15ClN2O2. The van der Waals surface area contributed by atoms with Crippen molar-refractivity contribution in [2.75, 3.05) is 26.7 Å². The number of halogens is 1. The van der Waals surface area contributed by atoms with Gasteiger partial charge in [-0.05, 0) is 12.1 Å². The topological polar surface area (TPSA) is 55.6 Å². The predicted octanol–water partition coefficient (Wildman–Crippen LogP) is 1.14. The van der Waals surface area contributed by atoms with E-state index in [1.165, 1.54) is 4.90 Å². The van der Waals surface area contributed by atoms with Crippen molar-refractivity contribution in [3.63, 3.8) is 0 Å². The van der Waals surface area contributed by atoms with Crippen LogP contribution < -0.4 is 10.5 Å². The van der Waals surface area contributed by atoms with E-state index in [1.54, 1.807) is 19.2 Å². The van der Waals surface area contributed by atoms with E-state index in [0.29, 0.717) is 23.9 Å². The highest BCUT2D eigenvalue weighted by molar-refractivity contribution is 6.32. The number of benzene rings is 1. The van der Waals surface area contributed by atoms with Crippen molar-refractivity contribution >= 4 is 17.5 Å². The minimum Gasteiger partial charge on any atom is -0.490 e. The zero-order chi connectivity index (χ0) is 12.0. The predicted molar refractivity (Wildman–Crippen MR) is 63.6 cm³/mol. The Morgan fingerprint density at radius 1 is 1.50 bits per heavy atom. The number of hydrogen-bond donors (Lipinski definition) is 1. The van der Waals surface area contributed by atoms with Crippen molar-refractivity contribution in [1.29, 1.82) is 0 Å². The Bertz CT molecular complexity index is 358. The van der Waals surface area contributed by atoms with E-state index in [-0.39, 0.29) is 12.5 Å². The van der Waals surface area contributed by atoms with E-state index in [9.17, 15) is 4.79 Å². The molecule has 0 bridgehead atoms. The van der Waals surface area contributed by atoms with Gasteiger partial charge in [0.05, 0.1) is 18.1 Å². The first-order valence-corrected chi connectivity index (χ1v) is 5.34. The van der Waals surface area contributed by atoms with Gasteiger partial charge in [-0.2, -0.15) is 0 Å². The Morgan fingerprint density at radius 3 is 2.81 bits per heavy atom. The maximum Gasteiger partial charge on any atom is 0.236 e. The van der Waals surface area contributed by atoms with Crippen LogP contribution in [0.3, 0.4) is 0 Å². The van der Waals surface area contributed by atoms with Crippen LogP contribution in [0.25, 0.3) is 0 Å². The number of amides is 1. The molecule has 16 heavy (non-hydrogen) atoms. The van der Waals surface area contributed by atoms with Gasteiger partial charge in [-0.3, -0.25) is 4.79 Å². The highest BCUT2D eigenvalue weighted by atomic mass is 35.5. The average Bonchev–Trinajstić information content (AvgIpc) is 2.30. The highest BCUT2D eigenvalue weighted by Crippen LogP contribution is 2.22. The summed E-state index contributed by atoms with van der Waals surface area (Å²) in [5.74, 6) is 0.514. The Morgan fingerprint density at radius 2 is 2.19 bits per heavy atom. The van der Waals surface area contributed by atoms with Crippen molar-refractivity contribution in [3.05, 3.63) is 29.3 Å². The Hall–Kier alpha value is -1.26. The molecule has 2 N–H and O–H groups in total. The van der Waals surface area contributed by atoms with Crippen LogP contribution in [0.5, 0.6) is 5.75 Å². The number of rotatable bonds is 5. The molecule has 0 radical (unpaired) electrons. The summed E-state index contributed by atoms with van der Waals surface area (Å²) < 4.78 is 5.44. The molecule has 5 heteroatoms. The molecule has 0 fully saturated rings. The van der Waals surface area contributed by atoms with E-state index in [1.807, 2.05) is 12.1 Å².